The molecule has 0 heterocycles. The van der Waals surface area contributed by atoms with Crippen LogP contribution in [0.15, 0.2) is 0 Å². The maximum absolute atomic E-state index is 2.31. The van der Waals surface area contributed by atoms with Gasteiger partial charge in [-0.2, -0.15) is 11.8 Å². The first-order valence-electron chi connectivity index (χ1n) is 3.64. The Morgan fingerprint density at radius 3 is 1.89 bits per heavy atom. The molecular formula is C8H18S. The van der Waals surface area contributed by atoms with Crippen LogP contribution in [0.2, 0.25) is 0 Å². The second-order valence-corrected chi connectivity index (χ2v) is 5.11. The molecule has 56 valence electrons. The Balaban J connectivity index is 3.70. The van der Waals surface area contributed by atoms with Gasteiger partial charge in [0, 0.05) is 4.75 Å². The zero-order chi connectivity index (χ0) is 7.49. The van der Waals surface area contributed by atoms with Gasteiger partial charge in [0.05, 0.1) is 0 Å². The molecule has 0 fully saturated rings. The molecule has 0 saturated carbocycles. The summed E-state index contributed by atoms with van der Waals surface area (Å²) in [6, 6.07) is 0. The molecule has 0 nitrogen and oxygen atoms in total. The second kappa shape index (κ2) is 3.50. The molecule has 0 amide bonds. The zero-order valence-corrected chi connectivity index (χ0v) is 8.01. The van der Waals surface area contributed by atoms with E-state index in [1.54, 1.807) is 0 Å². The highest BCUT2D eigenvalue weighted by atomic mass is 32.2. The molecule has 0 N–H and O–H groups in total. The summed E-state index contributed by atoms with van der Waals surface area (Å²) in [5.41, 5.74) is 0. The maximum Gasteiger partial charge on any atom is 0.0126 e. The molecule has 0 aliphatic carbocycles. The van der Waals surface area contributed by atoms with Crippen LogP contribution in [0.5, 0.6) is 0 Å². The summed E-state index contributed by atoms with van der Waals surface area (Å²) in [6.07, 6.45) is 0. The quantitative estimate of drug-likeness (QED) is 0.589. The fourth-order valence-corrected chi connectivity index (χ4v) is 1.62. The molecule has 0 aliphatic heterocycles. The van der Waals surface area contributed by atoms with Crippen molar-refractivity contribution in [2.45, 2.75) is 39.4 Å². The molecule has 0 atom stereocenters. The van der Waals surface area contributed by atoms with Gasteiger partial charge in [0.2, 0.25) is 0 Å². The molecule has 0 bridgehead atoms. The summed E-state index contributed by atoms with van der Waals surface area (Å²) < 4.78 is 0.467. The van der Waals surface area contributed by atoms with E-state index in [0.717, 1.165) is 5.92 Å². The van der Waals surface area contributed by atoms with E-state index in [1.165, 1.54) is 5.75 Å². The minimum Gasteiger partial charge on any atom is -0.156 e. The van der Waals surface area contributed by atoms with Crippen molar-refractivity contribution in [2.24, 2.45) is 5.92 Å². The fourth-order valence-electron chi connectivity index (χ4n) is 0.539. The van der Waals surface area contributed by atoms with Crippen LogP contribution in [0.4, 0.5) is 0 Å². The number of rotatable bonds is 3. The van der Waals surface area contributed by atoms with Crippen molar-refractivity contribution in [3.05, 3.63) is 0 Å². The highest BCUT2D eigenvalue weighted by Gasteiger charge is 2.20. The van der Waals surface area contributed by atoms with Crippen molar-refractivity contribution in [2.75, 3.05) is 5.75 Å². The van der Waals surface area contributed by atoms with Crippen LogP contribution in [-0.2, 0) is 0 Å². The molecule has 9 heavy (non-hydrogen) atoms. The number of hydrogen-bond donors (Lipinski definition) is 0. The van der Waals surface area contributed by atoms with Gasteiger partial charge in [0.1, 0.15) is 0 Å². The lowest BCUT2D eigenvalue weighted by Crippen LogP contribution is -2.22. The Hall–Kier alpha value is 0.350. The molecule has 0 saturated heterocycles. The fraction of sp³-hybridized carbons (Fsp3) is 1.00. The van der Waals surface area contributed by atoms with Gasteiger partial charge in [0.25, 0.3) is 0 Å². The van der Waals surface area contributed by atoms with Gasteiger partial charge in [-0.15, -0.1) is 0 Å². The van der Waals surface area contributed by atoms with Crippen molar-refractivity contribution in [1.29, 1.82) is 0 Å². The molecular weight excluding hydrogens is 128 g/mol. The average molecular weight is 146 g/mol. The van der Waals surface area contributed by atoms with Crippen LogP contribution >= 0.6 is 11.8 Å². The average Bonchev–Trinajstić information content (AvgIpc) is 1.65. The first-order chi connectivity index (χ1) is 4.00. The van der Waals surface area contributed by atoms with Crippen LogP contribution in [0.1, 0.15) is 34.6 Å². The van der Waals surface area contributed by atoms with E-state index in [0.29, 0.717) is 4.75 Å². The summed E-state index contributed by atoms with van der Waals surface area (Å²) in [6.45, 7) is 11.4. The minimum absolute atomic E-state index is 0.467. The summed E-state index contributed by atoms with van der Waals surface area (Å²) in [7, 11) is 0. The Labute approximate surface area is 63.4 Å². The van der Waals surface area contributed by atoms with Crippen molar-refractivity contribution < 1.29 is 0 Å². The van der Waals surface area contributed by atoms with Crippen LogP contribution in [0, 0.1) is 5.92 Å². The highest BCUT2D eigenvalue weighted by Crippen LogP contribution is 2.31. The lowest BCUT2D eigenvalue weighted by Gasteiger charge is -2.27. The third-order valence-corrected chi connectivity index (χ3v) is 3.41. The lowest BCUT2D eigenvalue weighted by molar-refractivity contribution is 0.504. The van der Waals surface area contributed by atoms with Crippen molar-refractivity contribution in [1.82, 2.24) is 0 Å². The summed E-state index contributed by atoms with van der Waals surface area (Å²) in [5.74, 6) is 2.01. The Morgan fingerprint density at radius 2 is 1.78 bits per heavy atom. The SMILES string of the molecule is CCSC(C)(C)C(C)C. The largest absolute Gasteiger partial charge is 0.156 e. The number of thioether (sulfide) groups is 1. The normalized spacial score (nSPS) is 12.7. The molecule has 0 aromatic carbocycles. The first-order valence-corrected chi connectivity index (χ1v) is 4.63. The van der Waals surface area contributed by atoms with Gasteiger partial charge >= 0.3 is 0 Å². The predicted octanol–water partition coefficient (Wildman–Crippen LogP) is 3.17. The Kier molecular flexibility index (Phi) is 3.64. The van der Waals surface area contributed by atoms with E-state index >= 15 is 0 Å². The summed E-state index contributed by atoms with van der Waals surface area (Å²) in [5, 5.41) is 0. The molecule has 0 rings (SSSR count). The maximum atomic E-state index is 2.31. The highest BCUT2D eigenvalue weighted by molar-refractivity contribution is 8.00. The first kappa shape index (κ1) is 9.35. The van der Waals surface area contributed by atoms with E-state index in [4.69, 9.17) is 0 Å². The van der Waals surface area contributed by atoms with Gasteiger partial charge in [0.15, 0.2) is 0 Å². The van der Waals surface area contributed by atoms with Crippen LogP contribution < -0.4 is 0 Å². The molecule has 0 aliphatic rings. The standard InChI is InChI=1S/C8H18S/c1-6-9-8(4,5)7(2)3/h7H,6H2,1-5H3. The second-order valence-electron chi connectivity index (χ2n) is 3.19. The molecule has 0 unspecified atom stereocenters. The van der Waals surface area contributed by atoms with E-state index in [1.807, 2.05) is 11.8 Å². The monoisotopic (exact) mass is 146 g/mol. The van der Waals surface area contributed by atoms with Crippen molar-refractivity contribution >= 4 is 11.8 Å². The Morgan fingerprint density at radius 1 is 1.33 bits per heavy atom. The van der Waals surface area contributed by atoms with E-state index in [2.05, 4.69) is 34.6 Å². The minimum atomic E-state index is 0.467. The van der Waals surface area contributed by atoms with Gasteiger partial charge in [-0.3, -0.25) is 0 Å². The predicted molar refractivity (Wildman–Crippen MR) is 47.0 cm³/mol. The van der Waals surface area contributed by atoms with Crippen LogP contribution in [-0.4, -0.2) is 10.5 Å². The van der Waals surface area contributed by atoms with E-state index < -0.39 is 0 Å². The summed E-state index contributed by atoms with van der Waals surface area (Å²) in [4.78, 5) is 0. The lowest BCUT2D eigenvalue weighted by atomic mass is 10.00. The summed E-state index contributed by atoms with van der Waals surface area (Å²) >= 11 is 2.04. The molecule has 0 spiro atoms. The molecule has 0 aromatic rings. The number of hydrogen-bond acceptors (Lipinski definition) is 1. The molecule has 0 radical (unpaired) electrons. The zero-order valence-electron chi connectivity index (χ0n) is 7.19. The Bertz CT molecular complexity index is 74.6. The molecule has 1 heteroatoms. The van der Waals surface area contributed by atoms with Crippen LogP contribution in [0.3, 0.4) is 0 Å². The third-order valence-electron chi connectivity index (χ3n) is 1.91. The molecule has 0 aromatic heterocycles. The third kappa shape index (κ3) is 3.14. The van der Waals surface area contributed by atoms with E-state index in [-0.39, 0.29) is 0 Å². The van der Waals surface area contributed by atoms with Gasteiger partial charge in [-0.25, -0.2) is 0 Å². The van der Waals surface area contributed by atoms with Crippen molar-refractivity contribution in [3.8, 4) is 0 Å². The van der Waals surface area contributed by atoms with Gasteiger partial charge in [-0.1, -0.05) is 34.6 Å². The topological polar surface area (TPSA) is 0 Å². The van der Waals surface area contributed by atoms with Gasteiger partial charge < -0.3 is 0 Å². The van der Waals surface area contributed by atoms with Crippen molar-refractivity contribution in [3.63, 3.8) is 0 Å². The van der Waals surface area contributed by atoms with Gasteiger partial charge in [-0.05, 0) is 11.7 Å². The van der Waals surface area contributed by atoms with Crippen LogP contribution in [0.25, 0.3) is 0 Å². The smallest absolute Gasteiger partial charge is 0.0126 e. The van der Waals surface area contributed by atoms with E-state index in [9.17, 15) is 0 Å².